The normalized spacial score (nSPS) is 12.2. The molecule has 1 atom stereocenters. The third-order valence-corrected chi connectivity index (χ3v) is 6.21. The van der Waals surface area contributed by atoms with E-state index in [1.165, 1.54) is 25.3 Å². The highest BCUT2D eigenvalue weighted by Crippen LogP contribution is 2.29. The summed E-state index contributed by atoms with van der Waals surface area (Å²) in [5, 5.41) is 2.74. The van der Waals surface area contributed by atoms with Crippen LogP contribution in [0.2, 0.25) is 0 Å². The monoisotopic (exact) mass is 424 g/mol. The SMILES string of the molecule is COc1ccc(S(=O)(=O)N[C@@H](C)c2ccccc2)cc1NC(=O)c1ccc(C)cc1. The first-order chi connectivity index (χ1) is 14.3. The summed E-state index contributed by atoms with van der Waals surface area (Å²) in [7, 11) is -2.36. The lowest BCUT2D eigenvalue weighted by atomic mass is 10.1. The molecule has 3 aromatic carbocycles. The van der Waals surface area contributed by atoms with Crippen molar-refractivity contribution in [2.24, 2.45) is 0 Å². The van der Waals surface area contributed by atoms with Crippen LogP contribution in [-0.4, -0.2) is 21.4 Å². The first kappa shape index (κ1) is 21.5. The van der Waals surface area contributed by atoms with E-state index in [9.17, 15) is 13.2 Å². The molecule has 3 aromatic rings. The lowest BCUT2D eigenvalue weighted by Crippen LogP contribution is -2.27. The fourth-order valence-corrected chi connectivity index (χ4v) is 4.22. The van der Waals surface area contributed by atoms with Crippen LogP contribution in [0, 0.1) is 6.92 Å². The molecule has 0 aromatic heterocycles. The number of rotatable bonds is 7. The maximum Gasteiger partial charge on any atom is 0.255 e. The number of ether oxygens (including phenoxy) is 1. The van der Waals surface area contributed by atoms with Crippen molar-refractivity contribution in [3.63, 3.8) is 0 Å². The van der Waals surface area contributed by atoms with E-state index in [-0.39, 0.29) is 16.5 Å². The van der Waals surface area contributed by atoms with E-state index in [2.05, 4.69) is 10.0 Å². The Hall–Kier alpha value is -3.16. The second-order valence-electron chi connectivity index (χ2n) is 6.94. The number of hydrogen-bond acceptors (Lipinski definition) is 4. The van der Waals surface area contributed by atoms with E-state index >= 15 is 0 Å². The molecule has 0 heterocycles. The van der Waals surface area contributed by atoms with E-state index in [1.54, 1.807) is 19.1 Å². The topological polar surface area (TPSA) is 84.5 Å². The van der Waals surface area contributed by atoms with Gasteiger partial charge in [0.1, 0.15) is 5.75 Å². The zero-order valence-corrected chi connectivity index (χ0v) is 17.9. The molecule has 0 aliphatic carbocycles. The Bertz CT molecular complexity index is 1130. The van der Waals surface area contributed by atoms with Crippen LogP contribution in [0.3, 0.4) is 0 Å². The van der Waals surface area contributed by atoms with Crippen LogP contribution in [0.25, 0.3) is 0 Å². The van der Waals surface area contributed by atoms with Gasteiger partial charge in [0.05, 0.1) is 17.7 Å². The summed E-state index contributed by atoms with van der Waals surface area (Å²) < 4.78 is 33.7. The molecule has 3 rings (SSSR count). The third kappa shape index (κ3) is 5.06. The largest absolute Gasteiger partial charge is 0.495 e. The summed E-state index contributed by atoms with van der Waals surface area (Å²) >= 11 is 0. The Morgan fingerprint density at radius 1 is 0.967 bits per heavy atom. The Labute approximate surface area is 177 Å². The number of carbonyl (C=O) groups is 1. The summed E-state index contributed by atoms with van der Waals surface area (Å²) in [5.41, 5.74) is 2.63. The predicted octanol–water partition coefficient (Wildman–Crippen LogP) is 4.30. The third-order valence-electron chi connectivity index (χ3n) is 4.67. The molecular weight excluding hydrogens is 400 g/mol. The maximum atomic E-state index is 12.9. The number of sulfonamides is 1. The van der Waals surface area contributed by atoms with Gasteiger partial charge in [-0.25, -0.2) is 13.1 Å². The van der Waals surface area contributed by atoms with Crippen molar-refractivity contribution >= 4 is 21.6 Å². The highest BCUT2D eigenvalue weighted by molar-refractivity contribution is 7.89. The molecule has 1 amide bonds. The van der Waals surface area contributed by atoms with Gasteiger partial charge in [0.25, 0.3) is 5.91 Å². The van der Waals surface area contributed by atoms with Gasteiger partial charge >= 0.3 is 0 Å². The summed E-state index contributed by atoms with van der Waals surface area (Å²) in [6.07, 6.45) is 0. The van der Waals surface area contributed by atoms with Gasteiger partial charge in [-0.2, -0.15) is 0 Å². The molecule has 0 saturated carbocycles. The van der Waals surface area contributed by atoms with Crippen LogP contribution < -0.4 is 14.8 Å². The molecule has 0 aliphatic rings. The zero-order chi connectivity index (χ0) is 21.7. The molecule has 156 valence electrons. The Morgan fingerprint density at radius 2 is 1.63 bits per heavy atom. The van der Waals surface area contributed by atoms with Gasteiger partial charge in [0, 0.05) is 11.6 Å². The molecule has 0 radical (unpaired) electrons. The highest BCUT2D eigenvalue weighted by Gasteiger charge is 2.21. The maximum absolute atomic E-state index is 12.9. The van der Waals surface area contributed by atoms with Crippen molar-refractivity contribution in [1.82, 2.24) is 4.72 Å². The first-order valence-corrected chi connectivity index (χ1v) is 10.9. The Balaban J connectivity index is 1.85. The van der Waals surface area contributed by atoms with Gasteiger partial charge in [-0.3, -0.25) is 4.79 Å². The zero-order valence-electron chi connectivity index (χ0n) is 17.0. The number of methoxy groups -OCH3 is 1. The average Bonchev–Trinajstić information content (AvgIpc) is 2.74. The molecule has 0 spiro atoms. The van der Waals surface area contributed by atoms with Crippen molar-refractivity contribution < 1.29 is 17.9 Å². The summed E-state index contributed by atoms with van der Waals surface area (Å²) in [6, 6.07) is 20.3. The van der Waals surface area contributed by atoms with Crippen molar-refractivity contribution in [2.75, 3.05) is 12.4 Å². The van der Waals surface area contributed by atoms with Gasteiger partial charge in [0.2, 0.25) is 10.0 Å². The second-order valence-corrected chi connectivity index (χ2v) is 8.65. The molecular formula is C23H24N2O4S. The van der Waals surface area contributed by atoms with E-state index in [0.717, 1.165) is 11.1 Å². The van der Waals surface area contributed by atoms with Gasteiger partial charge in [-0.15, -0.1) is 0 Å². The van der Waals surface area contributed by atoms with Crippen LogP contribution in [0.5, 0.6) is 5.75 Å². The molecule has 0 bridgehead atoms. The Kier molecular flexibility index (Phi) is 6.54. The van der Waals surface area contributed by atoms with Gasteiger partial charge in [-0.05, 0) is 49.7 Å². The van der Waals surface area contributed by atoms with Crippen LogP contribution in [-0.2, 0) is 10.0 Å². The quantitative estimate of drug-likeness (QED) is 0.592. The molecule has 0 aliphatic heterocycles. The van der Waals surface area contributed by atoms with E-state index in [4.69, 9.17) is 4.74 Å². The van der Waals surface area contributed by atoms with Crippen LogP contribution in [0.15, 0.2) is 77.7 Å². The van der Waals surface area contributed by atoms with Crippen molar-refractivity contribution in [3.05, 3.63) is 89.5 Å². The average molecular weight is 425 g/mol. The van der Waals surface area contributed by atoms with Gasteiger partial charge in [0.15, 0.2) is 0 Å². The van der Waals surface area contributed by atoms with E-state index in [1.807, 2.05) is 49.4 Å². The van der Waals surface area contributed by atoms with Gasteiger partial charge in [-0.1, -0.05) is 48.0 Å². The van der Waals surface area contributed by atoms with E-state index < -0.39 is 16.1 Å². The molecule has 2 N–H and O–H groups in total. The van der Waals surface area contributed by atoms with Crippen molar-refractivity contribution in [3.8, 4) is 5.75 Å². The summed E-state index contributed by atoms with van der Waals surface area (Å²) in [5.74, 6) is 0.0129. The minimum absolute atomic E-state index is 0.0327. The molecule has 0 fully saturated rings. The predicted molar refractivity (Wildman–Crippen MR) is 117 cm³/mol. The van der Waals surface area contributed by atoms with Crippen molar-refractivity contribution in [2.45, 2.75) is 24.8 Å². The van der Waals surface area contributed by atoms with Crippen LogP contribution in [0.1, 0.15) is 34.5 Å². The number of nitrogens with one attached hydrogen (secondary N) is 2. The molecule has 0 unspecified atom stereocenters. The number of amides is 1. The smallest absolute Gasteiger partial charge is 0.255 e. The number of carbonyl (C=O) groups excluding carboxylic acids is 1. The number of hydrogen-bond donors (Lipinski definition) is 2. The Morgan fingerprint density at radius 3 is 2.27 bits per heavy atom. The minimum Gasteiger partial charge on any atom is -0.495 e. The fraction of sp³-hybridized carbons (Fsp3) is 0.174. The second kappa shape index (κ2) is 9.11. The lowest BCUT2D eigenvalue weighted by Gasteiger charge is -2.16. The van der Waals surface area contributed by atoms with Gasteiger partial charge < -0.3 is 10.1 Å². The number of benzene rings is 3. The summed E-state index contributed by atoms with van der Waals surface area (Å²) in [4.78, 5) is 12.6. The van der Waals surface area contributed by atoms with Crippen LogP contribution >= 0.6 is 0 Å². The first-order valence-electron chi connectivity index (χ1n) is 9.43. The lowest BCUT2D eigenvalue weighted by molar-refractivity contribution is 0.102. The summed E-state index contributed by atoms with van der Waals surface area (Å²) in [6.45, 7) is 3.71. The number of aryl methyl sites for hydroxylation is 1. The van der Waals surface area contributed by atoms with Crippen LogP contribution in [0.4, 0.5) is 5.69 Å². The molecule has 0 saturated heterocycles. The standard InChI is InChI=1S/C23H24N2O4S/c1-16-9-11-19(12-10-16)23(26)24-21-15-20(13-14-22(21)29-3)30(27,28)25-17(2)18-7-5-4-6-8-18/h4-15,17,25H,1-3H3,(H,24,26)/t17-/m0/s1. The molecule has 7 heteroatoms. The highest BCUT2D eigenvalue weighted by atomic mass is 32.2. The fourth-order valence-electron chi connectivity index (χ4n) is 2.96. The van der Waals surface area contributed by atoms with E-state index in [0.29, 0.717) is 11.3 Å². The molecule has 6 nitrogen and oxygen atoms in total. The molecule has 30 heavy (non-hydrogen) atoms. The minimum atomic E-state index is -3.82. The number of anilines is 1. The van der Waals surface area contributed by atoms with Crippen molar-refractivity contribution in [1.29, 1.82) is 0 Å².